The minimum atomic E-state index is -0.535. The van der Waals surface area contributed by atoms with Gasteiger partial charge in [0.2, 0.25) is 5.95 Å². The fraction of sp³-hybridized carbons (Fsp3) is 0.346. The Morgan fingerprint density at radius 1 is 1.03 bits per heavy atom. The Morgan fingerprint density at radius 2 is 1.86 bits per heavy atom. The van der Waals surface area contributed by atoms with Crippen LogP contribution in [0.15, 0.2) is 54.0 Å². The van der Waals surface area contributed by atoms with E-state index in [1.807, 2.05) is 31.2 Å². The highest BCUT2D eigenvalue weighted by Gasteiger charge is 2.35. The fourth-order valence-corrected chi connectivity index (χ4v) is 4.41. The molecular formula is C26H28Cl2N4O4. The maximum Gasteiger partial charge on any atom is 0.338 e. The minimum absolute atomic E-state index is 0.268. The van der Waals surface area contributed by atoms with Crippen molar-refractivity contribution in [3.8, 4) is 11.5 Å². The summed E-state index contributed by atoms with van der Waals surface area (Å²) >= 11 is 12.2. The zero-order valence-electron chi connectivity index (χ0n) is 20.4. The van der Waals surface area contributed by atoms with Gasteiger partial charge in [0.05, 0.1) is 28.8 Å². The van der Waals surface area contributed by atoms with Crippen molar-refractivity contribution in [2.24, 2.45) is 0 Å². The molecule has 0 unspecified atom stereocenters. The number of nitrogens with one attached hydrogen (secondary N) is 1. The lowest BCUT2D eigenvalue weighted by molar-refractivity contribution is -0.139. The number of ether oxygens (including phenoxy) is 3. The molecule has 190 valence electrons. The second-order valence-electron chi connectivity index (χ2n) is 8.09. The molecule has 0 amide bonds. The number of rotatable bonds is 10. The van der Waals surface area contributed by atoms with Gasteiger partial charge in [-0.1, -0.05) is 48.7 Å². The van der Waals surface area contributed by atoms with Crippen LogP contribution >= 0.6 is 23.2 Å². The molecule has 1 aliphatic rings. The Labute approximate surface area is 220 Å². The van der Waals surface area contributed by atoms with Gasteiger partial charge in [0.1, 0.15) is 19.0 Å². The Kier molecular flexibility index (Phi) is 8.38. The maximum atomic E-state index is 13.1. The normalized spacial score (nSPS) is 14.8. The molecular weight excluding hydrogens is 503 g/mol. The molecule has 0 saturated heterocycles. The van der Waals surface area contributed by atoms with Crippen LogP contribution < -0.4 is 14.8 Å². The molecule has 8 nitrogen and oxygen atoms in total. The van der Waals surface area contributed by atoms with Crippen LogP contribution in [0.3, 0.4) is 0 Å². The zero-order chi connectivity index (χ0) is 25.7. The average molecular weight is 531 g/mol. The summed E-state index contributed by atoms with van der Waals surface area (Å²) in [4.78, 5) is 17.5. The third kappa shape index (κ3) is 5.44. The van der Waals surface area contributed by atoms with Crippen LogP contribution in [0.4, 0.5) is 5.95 Å². The van der Waals surface area contributed by atoms with Gasteiger partial charge in [0, 0.05) is 5.70 Å². The first-order valence-corrected chi connectivity index (χ1v) is 12.6. The Morgan fingerprint density at radius 3 is 2.58 bits per heavy atom. The molecule has 1 N–H and O–H groups in total. The molecule has 4 rings (SSSR count). The summed E-state index contributed by atoms with van der Waals surface area (Å²) in [5.41, 5.74) is 2.95. The van der Waals surface area contributed by atoms with E-state index >= 15 is 0 Å². The molecule has 1 aliphatic heterocycles. The van der Waals surface area contributed by atoms with Crippen LogP contribution in [-0.4, -0.2) is 33.9 Å². The molecule has 2 aromatic carbocycles. The van der Waals surface area contributed by atoms with Gasteiger partial charge in [-0.15, -0.1) is 0 Å². The van der Waals surface area contributed by atoms with E-state index in [0.29, 0.717) is 46.1 Å². The molecule has 1 atom stereocenters. The Hall–Kier alpha value is -3.23. The number of benzene rings is 2. The largest absolute Gasteiger partial charge is 0.490 e. The SMILES string of the molecule is CCCC1=C(C(=O)OCC)[C@H](c2ccc(OCc3ccc(Cl)c(Cl)c3)c(OCC)c2)n2ncnc2N1. The summed E-state index contributed by atoms with van der Waals surface area (Å²) in [7, 11) is 0. The van der Waals surface area contributed by atoms with Crippen molar-refractivity contribution in [1.82, 2.24) is 14.8 Å². The fourth-order valence-electron chi connectivity index (χ4n) is 4.09. The smallest absolute Gasteiger partial charge is 0.338 e. The predicted molar refractivity (Wildman–Crippen MR) is 139 cm³/mol. The Bertz CT molecular complexity index is 1270. The van der Waals surface area contributed by atoms with Crippen molar-refractivity contribution in [2.45, 2.75) is 46.3 Å². The number of nitrogens with zero attached hydrogens (tertiary/aromatic N) is 3. The lowest BCUT2D eigenvalue weighted by Gasteiger charge is -2.29. The molecule has 0 radical (unpaired) electrons. The number of halogens is 2. The second kappa shape index (κ2) is 11.7. The monoisotopic (exact) mass is 530 g/mol. The van der Waals surface area contributed by atoms with Gasteiger partial charge in [0.15, 0.2) is 11.5 Å². The van der Waals surface area contributed by atoms with Crippen molar-refractivity contribution in [1.29, 1.82) is 0 Å². The highest BCUT2D eigenvalue weighted by Crippen LogP contribution is 2.40. The molecule has 0 fully saturated rings. The van der Waals surface area contributed by atoms with Gasteiger partial charge in [-0.25, -0.2) is 9.48 Å². The summed E-state index contributed by atoms with van der Waals surface area (Å²) in [6, 6.07) is 10.4. The van der Waals surface area contributed by atoms with Crippen molar-refractivity contribution in [3.63, 3.8) is 0 Å². The van der Waals surface area contributed by atoms with E-state index in [2.05, 4.69) is 22.3 Å². The van der Waals surface area contributed by atoms with E-state index in [1.54, 1.807) is 23.7 Å². The number of fused-ring (bicyclic) bond motifs is 1. The number of carbonyl (C=O) groups is 1. The van der Waals surface area contributed by atoms with Crippen LogP contribution in [0.1, 0.15) is 50.8 Å². The van der Waals surface area contributed by atoms with Gasteiger partial charge in [-0.2, -0.15) is 10.1 Å². The van der Waals surface area contributed by atoms with Crippen molar-refractivity contribution in [3.05, 3.63) is 75.2 Å². The number of esters is 1. The number of carbonyl (C=O) groups excluding carboxylic acids is 1. The van der Waals surface area contributed by atoms with Gasteiger partial charge in [-0.05, 0) is 55.7 Å². The van der Waals surface area contributed by atoms with Crippen LogP contribution in [0.5, 0.6) is 11.5 Å². The first-order chi connectivity index (χ1) is 17.5. The van der Waals surface area contributed by atoms with Gasteiger partial charge in [-0.3, -0.25) is 0 Å². The lowest BCUT2D eigenvalue weighted by Crippen LogP contribution is -2.30. The van der Waals surface area contributed by atoms with Crippen LogP contribution in [0.25, 0.3) is 0 Å². The van der Waals surface area contributed by atoms with Crippen molar-refractivity contribution >= 4 is 35.1 Å². The van der Waals surface area contributed by atoms with E-state index in [-0.39, 0.29) is 13.2 Å². The number of allylic oxidation sites excluding steroid dienone is 1. The number of aromatic nitrogens is 3. The third-order valence-corrected chi connectivity index (χ3v) is 6.37. The van der Waals surface area contributed by atoms with E-state index in [9.17, 15) is 4.79 Å². The molecule has 2 heterocycles. The molecule has 3 aromatic rings. The maximum absolute atomic E-state index is 13.1. The molecule has 10 heteroatoms. The quantitative estimate of drug-likeness (QED) is 0.312. The topological polar surface area (TPSA) is 87.5 Å². The van der Waals surface area contributed by atoms with E-state index in [4.69, 9.17) is 37.4 Å². The molecule has 0 spiro atoms. The first-order valence-electron chi connectivity index (χ1n) is 11.9. The summed E-state index contributed by atoms with van der Waals surface area (Å²) in [5.74, 6) is 1.29. The zero-order valence-corrected chi connectivity index (χ0v) is 21.9. The molecule has 0 aliphatic carbocycles. The number of hydrogen-bond donors (Lipinski definition) is 1. The van der Waals surface area contributed by atoms with Crippen LogP contribution in [0, 0.1) is 0 Å². The van der Waals surface area contributed by atoms with Gasteiger partial charge >= 0.3 is 5.97 Å². The van der Waals surface area contributed by atoms with Crippen LogP contribution in [0.2, 0.25) is 10.0 Å². The third-order valence-electron chi connectivity index (χ3n) is 5.64. The highest BCUT2D eigenvalue weighted by atomic mass is 35.5. The minimum Gasteiger partial charge on any atom is -0.490 e. The summed E-state index contributed by atoms with van der Waals surface area (Å²) < 4.78 is 19.1. The Balaban J connectivity index is 1.72. The first kappa shape index (κ1) is 25.9. The molecule has 1 aromatic heterocycles. The highest BCUT2D eigenvalue weighted by molar-refractivity contribution is 6.42. The van der Waals surface area contributed by atoms with E-state index < -0.39 is 12.0 Å². The van der Waals surface area contributed by atoms with Gasteiger partial charge in [0.25, 0.3) is 0 Å². The average Bonchev–Trinajstić information content (AvgIpc) is 3.33. The molecule has 36 heavy (non-hydrogen) atoms. The second-order valence-corrected chi connectivity index (χ2v) is 8.91. The number of hydrogen-bond acceptors (Lipinski definition) is 7. The van der Waals surface area contributed by atoms with Crippen molar-refractivity contribution < 1.29 is 19.0 Å². The van der Waals surface area contributed by atoms with Gasteiger partial charge < -0.3 is 19.5 Å². The predicted octanol–water partition coefficient (Wildman–Crippen LogP) is 6.19. The lowest BCUT2D eigenvalue weighted by atomic mass is 9.93. The summed E-state index contributed by atoms with van der Waals surface area (Å²) in [6.07, 6.45) is 2.98. The van der Waals surface area contributed by atoms with E-state index in [1.165, 1.54) is 6.33 Å². The number of anilines is 1. The molecule has 0 bridgehead atoms. The van der Waals surface area contributed by atoms with E-state index in [0.717, 1.165) is 23.2 Å². The summed E-state index contributed by atoms with van der Waals surface area (Å²) in [5, 5.41) is 8.61. The molecule has 0 saturated carbocycles. The van der Waals surface area contributed by atoms with Crippen LogP contribution in [-0.2, 0) is 16.1 Å². The van der Waals surface area contributed by atoms with Crippen molar-refractivity contribution in [2.75, 3.05) is 18.5 Å². The standard InChI is InChI=1S/C26H28Cl2N4O4/c1-4-7-20-23(25(33)35-6-3)24(32-26(31-20)29-15-30-32)17-9-11-21(22(13-17)34-5-2)36-14-16-8-10-18(27)19(28)12-16/h8-13,15,24H,4-7,14H2,1-3H3,(H,29,30,31)/t24-/m0/s1. The summed E-state index contributed by atoms with van der Waals surface area (Å²) in [6.45, 7) is 6.74.